The van der Waals surface area contributed by atoms with Crippen molar-refractivity contribution >= 4 is 55.1 Å². The Morgan fingerprint density at radius 1 is 1.19 bits per heavy atom. The van der Waals surface area contributed by atoms with Gasteiger partial charge < -0.3 is 5.32 Å². The van der Waals surface area contributed by atoms with Crippen molar-refractivity contribution in [1.82, 2.24) is 24.9 Å². The first-order valence-corrected chi connectivity index (χ1v) is 10.9. The van der Waals surface area contributed by atoms with Gasteiger partial charge in [0.25, 0.3) is 5.91 Å². The Morgan fingerprint density at radius 2 is 2.15 bits per heavy atom. The minimum Gasteiger partial charge on any atom is -0.352 e. The van der Waals surface area contributed by atoms with E-state index in [1.807, 2.05) is 45.6 Å². The van der Waals surface area contributed by atoms with Crippen LogP contribution >= 0.6 is 34.0 Å². The zero-order chi connectivity index (χ0) is 18.2. The van der Waals surface area contributed by atoms with E-state index < -0.39 is 0 Å². The number of hydrogen-bond acceptors (Lipinski definition) is 7. The molecule has 0 aliphatic carbocycles. The van der Waals surface area contributed by atoms with E-state index in [0.29, 0.717) is 18.5 Å². The molecule has 0 aliphatic rings. The van der Waals surface area contributed by atoms with Crippen LogP contribution in [-0.2, 0) is 6.42 Å². The van der Waals surface area contributed by atoms with Gasteiger partial charge in [-0.1, -0.05) is 6.07 Å². The molecule has 4 heterocycles. The van der Waals surface area contributed by atoms with Gasteiger partial charge in [-0.05, 0) is 29.6 Å². The Hall–Kier alpha value is -2.62. The monoisotopic (exact) mass is 411 g/mol. The predicted octanol–water partition coefficient (Wildman–Crippen LogP) is 4.10. The van der Waals surface area contributed by atoms with Crippen LogP contribution in [0.2, 0.25) is 0 Å². The summed E-state index contributed by atoms with van der Waals surface area (Å²) in [7, 11) is 0. The van der Waals surface area contributed by atoms with Crippen LogP contribution in [0, 0.1) is 0 Å². The summed E-state index contributed by atoms with van der Waals surface area (Å²) in [6.45, 7) is 0.541. The summed E-state index contributed by atoms with van der Waals surface area (Å²) in [6.07, 6.45) is 0.696. The fourth-order valence-corrected chi connectivity index (χ4v) is 5.03. The molecule has 4 aromatic heterocycles. The molecule has 1 aromatic carbocycles. The molecule has 27 heavy (non-hydrogen) atoms. The number of carbonyl (C=O) groups excluding carboxylic acids is 1. The lowest BCUT2D eigenvalue weighted by Gasteiger charge is -2.04. The molecule has 0 bridgehead atoms. The van der Waals surface area contributed by atoms with Gasteiger partial charge in [0.2, 0.25) is 4.96 Å². The number of rotatable bonds is 5. The number of aromatic nitrogens is 4. The van der Waals surface area contributed by atoms with Crippen LogP contribution in [-0.4, -0.2) is 32.0 Å². The molecule has 5 rings (SSSR count). The van der Waals surface area contributed by atoms with Gasteiger partial charge in [0.15, 0.2) is 5.82 Å². The molecule has 0 atom stereocenters. The molecular formula is C18H13N5OS3. The third kappa shape index (κ3) is 3.14. The number of thiophene rings is 1. The summed E-state index contributed by atoms with van der Waals surface area (Å²) in [5.74, 6) is 0.676. The molecule has 0 radical (unpaired) electrons. The number of nitrogens with one attached hydrogen (secondary N) is 1. The highest BCUT2D eigenvalue weighted by Crippen LogP contribution is 2.24. The first kappa shape index (κ1) is 16.5. The van der Waals surface area contributed by atoms with E-state index in [1.54, 1.807) is 28.2 Å². The van der Waals surface area contributed by atoms with Crippen LogP contribution in [0.4, 0.5) is 0 Å². The summed E-state index contributed by atoms with van der Waals surface area (Å²) in [4.78, 5) is 23.2. The molecule has 9 heteroatoms. The highest BCUT2D eigenvalue weighted by Gasteiger charge is 2.13. The third-order valence-electron chi connectivity index (χ3n) is 4.15. The normalized spacial score (nSPS) is 11.4. The van der Waals surface area contributed by atoms with Crippen molar-refractivity contribution in [2.75, 3.05) is 6.54 Å². The number of benzene rings is 1. The number of amides is 1. The maximum atomic E-state index is 12.4. The van der Waals surface area contributed by atoms with Crippen LogP contribution in [0.25, 0.3) is 25.9 Å². The van der Waals surface area contributed by atoms with E-state index in [1.165, 1.54) is 11.3 Å². The fraction of sp³-hybridized carbons (Fsp3) is 0.111. The van der Waals surface area contributed by atoms with Gasteiger partial charge >= 0.3 is 0 Å². The largest absolute Gasteiger partial charge is 0.352 e. The second-order valence-electron chi connectivity index (χ2n) is 5.87. The summed E-state index contributed by atoms with van der Waals surface area (Å²) in [5.41, 5.74) is 4.41. The van der Waals surface area contributed by atoms with Gasteiger partial charge in [-0.2, -0.15) is 4.98 Å². The van der Waals surface area contributed by atoms with Crippen molar-refractivity contribution < 1.29 is 4.79 Å². The van der Waals surface area contributed by atoms with Crippen molar-refractivity contribution in [3.05, 3.63) is 57.9 Å². The van der Waals surface area contributed by atoms with Gasteiger partial charge in [0.05, 0.1) is 26.3 Å². The molecule has 0 saturated heterocycles. The number of hydrogen-bond donors (Lipinski definition) is 1. The Kier molecular flexibility index (Phi) is 4.19. The molecule has 5 aromatic rings. The van der Waals surface area contributed by atoms with Gasteiger partial charge in [-0.3, -0.25) is 4.79 Å². The van der Waals surface area contributed by atoms with Gasteiger partial charge in [0.1, 0.15) is 0 Å². The van der Waals surface area contributed by atoms with Crippen LogP contribution in [0.5, 0.6) is 0 Å². The number of nitrogens with zero attached hydrogens (tertiary/aromatic N) is 4. The van der Waals surface area contributed by atoms with Crippen molar-refractivity contribution in [1.29, 1.82) is 0 Å². The van der Waals surface area contributed by atoms with Crippen LogP contribution in [0.15, 0.2) is 46.6 Å². The molecule has 1 amide bonds. The lowest BCUT2D eigenvalue weighted by molar-refractivity contribution is 0.0954. The minimum atomic E-state index is -0.0744. The Balaban J connectivity index is 1.27. The maximum absolute atomic E-state index is 12.4. The van der Waals surface area contributed by atoms with Crippen molar-refractivity contribution in [3.8, 4) is 10.7 Å². The van der Waals surface area contributed by atoms with E-state index in [4.69, 9.17) is 0 Å². The highest BCUT2D eigenvalue weighted by molar-refractivity contribution is 7.16. The molecule has 134 valence electrons. The topological polar surface area (TPSA) is 72.2 Å². The second kappa shape index (κ2) is 6.84. The minimum absolute atomic E-state index is 0.0744. The summed E-state index contributed by atoms with van der Waals surface area (Å²) in [5, 5.41) is 11.7. The van der Waals surface area contributed by atoms with Crippen LogP contribution in [0.3, 0.4) is 0 Å². The second-order valence-corrected chi connectivity index (χ2v) is 8.55. The molecule has 0 unspecified atom stereocenters. The van der Waals surface area contributed by atoms with Crippen LogP contribution < -0.4 is 5.32 Å². The van der Waals surface area contributed by atoms with E-state index in [-0.39, 0.29) is 5.91 Å². The maximum Gasteiger partial charge on any atom is 0.251 e. The predicted molar refractivity (Wildman–Crippen MR) is 110 cm³/mol. The van der Waals surface area contributed by atoms with Crippen molar-refractivity contribution in [3.63, 3.8) is 0 Å². The first-order chi connectivity index (χ1) is 13.3. The standard InChI is InChI=1S/C18H13N5OS3/c24-17(11-3-4-13-15(8-11)27-10-20-13)19-6-5-12-9-26-18-21-16(22-23(12)18)14-2-1-7-25-14/h1-4,7-10H,5-6H2,(H,19,24). The van der Waals surface area contributed by atoms with E-state index in [9.17, 15) is 4.79 Å². The molecule has 0 spiro atoms. The Morgan fingerprint density at radius 3 is 3.04 bits per heavy atom. The molecule has 1 N–H and O–H groups in total. The number of carbonyl (C=O) groups is 1. The highest BCUT2D eigenvalue weighted by atomic mass is 32.1. The Labute approximate surface area is 166 Å². The molecule has 6 nitrogen and oxygen atoms in total. The lowest BCUT2D eigenvalue weighted by Crippen LogP contribution is -2.25. The molecule has 0 saturated carbocycles. The SMILES string of the molecule is O=C(NCCc1csc2nc(-c3cccs3)nn12)c1ccc2ncsc2c1. The zero-order valence-corrected chi connectivity index (χ0v) is 16.4. The molecule has 0 aliphatic heterocycles. The summed E-state index contributed by atoms with van der Waals surface area (Å²) < 4.78 is 2.89. The first-order valence-electron chi connectivity index (χ1n) is 8.26. The van der Waals surface area contributed by atoms with E-state index in [2.05, 4.69) is 20.4 Å². The van der Waals surface area contributed by atoms with Gasteiger partial charge in [0, 0.05) is 23.9 Å². The van der Waals surface area contributed by atoms with Crippen LogP contribution in [0.1, 0.15) is 16.1 Å². The number of thiazole rings is 2. The lowest BCUT2D eigenvalue weighted by atomic mass is 10.2. The summed E-state index contributed by atoms with van der Waals surface area (Å²) >= 11 is 4.73. The number of fused-ring (bicyclic) bond motifs is 2. The quantitative estimate of drug-likeness (QED) is 0.473. The van der Waals surface area contributed by atoms with Crippen molar-refractivity contribution in [2.24, 2.45) is 0 Å². The Bertz CT molecular complexity index is 1230. The zero-order valence-electron chi connectivity index (χ0n) is 14.0. The van der Waals surface area contributed by atoms with E-state index >= 15 is 0 Å². The van der Waals surface area contributed by atoms with Gasteiger partial charge in [-0.15, -0.1) is 39.1 Å². The summed E-state index contributed by atoms with van der Waals surface area (Å²) in [6, 6.07) is 9.59. The molecule has 0 fully saturated rings. The smallest absolute Gasteiger partial charge is 0.251 e. The van der Waals surface area contributed by atoms with Crippen molar-refractivity contribution in [2.45, 2.75) is 6.42 Å². The average Bonchev–Trinajstić information content (AvgIpc) is 3.44. The molecular weight excluding hydrogens is 398 g/mol. The third-order valence-corrected chi connectivity index (χ3v) is 6.67. The fourth-order valence-electron chi connectivity index (χ4n) is 2.81. The van der Waals surface area contributed by atoms with Gasteiger partial charge in [-0.25, -0.2) is 9.50 Å². The van der Waals surface area contributed by atoms with E-state index in [0.717, 1.165) is 31.6 Å². The average molecular weight is 412 g/mol.